The Hall–Kier alpha value is -2.21. The number of pyridine rings is 1. The number of thiazole rings is 1. The zero-order valence-electron chi connectivity index (χ0n) is 9.38. The van der Waals surface area contributed by atoms with E-state index in [0.29, 0.717) is 12.1 Å². The number of aromatic amines is 1. The molecule has 0 spiro atoms. The van der Waals surface area contributed by atoms with Crippen molar-refractivity contribution in [2.75, 3.05) is 0 Å². The van der Waals surface area contributed by atoms with Crippen molar-refractivity contribution >= 4 is 28.3 Å². The van der Waals surface area contributed by atoms with E-state index in [1.165, 1.54) is 11.3 Å². The molecule has 3 heterocycles. The molecular formula is C12H10N4OS. The SMILES string of the molecule is O=C(NCc1nccs1)c1cnc2[nH]ccc2c1. The van der Waals surface area contributed by atoms with Gasteiger partial charge in [0.2, 0.25) is 0 Å². The Balaban J connectivity index is 1.75. The predicted molar refractivity (Wildman–Crippen MR) is 69.4 cm³/mol. The van der Waals surface area contributed by atoms with Crippen molar-refractivity contribution < 1.29 is 4.79 Å². The Morgan fingerprint density at radius 3 is 3.22 bits per heavy atom. The molecule has 6 heteroatoms. The summed E-state index contributed by atoms with van der Waals surface area (Å²) < 4.78 is 0. The number of nitrogens with zero attached hydrogens (tertiary/aromatic N) is 2. The van der Waals surface area contributed by atoms with Gasteiger partial charge in [0.15, 0.2) is 0 Å². The normalized spacial score (nSPS) is 10.7. The van der Waals surface area contributed by atoms with Gasteiger partial charge in [0.05, 0.1) is 12.1 Å². The maximum Gasteiger partial charge on any atom is 0.253 e. The topological polar surface area (TPSA) is 70.7 Å². The van der Waals surface area contributed by atoms with Gasteiger partial charge in [0, 0.05) is 29.4 Å². The molecule has 0 radical (unpaired) electrons. The minimum Gasteiger partial charge on any atom is -0.346 e. The molecule has 3 aromatic rings. The molecule has 3 aromatic heterocycles. The van der Waals surface area contributed by atoms with E-state index < -0.39 is 0 Å². The van der Waals surface area contributed by atoms with Crippen LogP contribution in [0, 0.1) is 0 Å². The first kappa shape index (κ1) is 10.9. The number of H-pyrrole nitrogens is 1. The lowest BCUT2D eigenvalue weighted by Gasteiger charge is -2.02. The van der Waals surface area contributed by atoms with Gasteiger partial charge in [0.1, 0.15) is 10.7 Å². The van der Waals surface area contributed by atoms with E-state index in [4.69, 9.17) is 0 Å². The second kappa shape index (κ2) is 4.58. The number of carbonyl (C=O) groups is 1. The van der Waals surface area contributed by atoms with Crippen molar-refractivity contribution in [2.24, 2.45) is 0 Å². The molecule has 0 aliphatic heterocycles. The van der Waals surface area contributed by atoms with E-state index >= 15 is 0 Å². The van der Waals surface area contributed by atoms with E-state index in [1.807, 2.05) is 17.5 Å². The van der Waals surface area contributed by atoms with Gasteiger partial charge >= 0.3 is 0 Å². The van der Waals surface area contributed by atoms with Crippen molar-refractivity contribution in [3.63, 3.8) is 0 Å². The smallest absolute Gasteiger partial charge is 0.253 e. The quantitative estimate of drug-likeness (QED) is 0.754. The van der Waals surface area contributed by atoms with Crippen molar-refractivity contribution in [1.29, 1.82) is 0 Å². The van der Waals surface area contributed by atoms with Crippen LogP contribution in [0.2, 0.25) is 0 Å². The molecule has 0 aromatic carbocycles. The summed E-state index contributed by atoms with van der Waals surface area (Å²) in [5.41, 5.74) is 1.34. The standard InChI is InChI=1S/C12H10N4OS/c17-12(16-7-10-13-3-4-18-10)9-5-8-1-2-14-11(8)15-6-9/h1-6H,7H2,(H,14,15)(H,16,17). The van der Waals surface area contributed by atoms with Gasteiger partial charge < -0.3 is 10.3 Å². The van der Waals surface area contributed by atoms with Crippen LogP contribution in [0.1, 0.15) is 15.4 Å². The van der Waals surface area contributed by atoms with Gasteiger partial charge in [-0.15, -0.1) is 11.3 Å². The van der Waals surface area contributed by atoms with Crippen LogP contribution in [0.4, 0.5) is 0 Å². The first-order chi connectivity index (χ1) is 8.83. The fraction of sp³-hybridized carbons (Fsp3) is 0.0833. The van der Waals surface area contributed by atoms with Gasteiger partial charge in [0.25, 0.3) is 5.91 Å². The van der Waals surface area contributed by atoms with Crippen molar-refractivity contribution in [3.8, 4) is 0 Å². The molecule has 3 rings (SSSR count). The molecule has 18 heavy (non-hydrogen) atoms. The largest absolute Gasteiger partial charge is 0.346 e. The van der Waals surface area contributed by atoms with Crippen molar-refractivity contribution in [3.05, 3.63) is 46.7 Å². The summed E-state index contributed by atoms with van der Waals surface area (Å²) >= 11 is 1.52. The van der Waals surface area contributed by atoms with Crippen LogP contribution in [0.5, 0.6) is 0 Å². The Bertz CT molecular complexity index is 674. The molecule has 0 aliphatic carbocycles. The maximum absolute atomic E-state index is 11.9. The molecule has 0 aliphatic rings. The first-order valence-corrected chi connectivity index (χ1v) is 6.30. The van der Waals surface area contributed by atoms with Gasteiger partial charge in [-0.2, -0.15) is 0 Å². The molecule has 5 nitrogen and oxygen atoms in total. The monoisotopic (exact) mass is 258 g/mol. The second-order valence-corrected chi connectivity index (χ2v) is 4.73. The molecule has 1 amide bonds. The number of hydrogen-bond acceptors (Lipinski definition) is 4. The highest BCUT2D eigenvalue weighted by Crippen LogP contribution is 2.11. The third-order valence-electron chi connectivity index (χ3n) is 2.55. The minimum absolute atomic E-state index is 0.138. The molecule has 0 unspecified atom stereocenters. The lowest BCUT2D eigenvalue weighted by molar-refractivity contribution is 0.0950. The van der Waals surface area contributed by atoms with E-state index in [1.54, 1.807) is 18.6 Å². The number of nitrogens with one attached hydrogen (secondary N) is 2. The summed E-state index contributed by atoms with van der Waals surface area (Å²) in [6.07, 6.45) is 5.09. The number of rotatable bonds is 3. The van der Waals surface area contributed by atoms with Gasteiger partial charge in [-0.3, -0.25) is 4.79 Å². The molecule has 90 valence electrons. The van der Waals surface area contributed by atoms with E-state index in [-0.39, 0.29) is 5.91 Å². The maximum atomic E-state index is 11.9. The number of hydrogen-bond donors (Lipinski definition) is 2. The van der Waals surface area contributed by atoms with Crippen LogP contribution in [-0.4, -0.2) is 20.9 Å². The van der Waals surface area contributed by atoms with E-state index in [2.05, 4.69) is 20.3 Å². The number of aromatic nitrogens is 3. The van der Waals surface area contributed by atoms with Crippen LogP contribution < -0.4 is 5.32 Å². The summed E-state index contributed by atoms with van der Waals surface area (Å²) in [4.78, 5) is 23.2. The Morgan fingerprint density at radius 1 is 1.44 bits per heavy atom. The van der Waals surface area contributed by atoms with E-state index in [0.717, 1.165) is 16.0 Å². The second-order valence-electron chi connectivity index (χ2n) is 3.75. The van der Waals surface area contributed by atoms with Crippen LogP contribution in [-0.2, 0) is 6.54 Å². The summed E-state index contributed by atoms with van der Waals surface area (Å²) in [5, 5.41) is 6.52. The Morgan fingerprint density at radius 2 is 2.39 bits per heavy atom. The zero-order valence-corrected chi connectivity index (χ0v) is 10.2. The Kier molecular flexibility index (Phi) is 2.77. The summed E-state index contributed by atoms with van der Waals surface area (Å²) in [6.45, 7) is 0.446. The summed E-state index contributed by atoms with van der Waals surface area (Å²) in [7, 11) is 0. The number of fused-ring (bicyclic) bond motifs is 1. The molecular weight excluding hydrogens is 248 g/mol. The van der Waals surface area contributed by atoms with Gasteiger partial charge in [-0.25, -0.2) is 9.97 Å². The molecule has 2 N–H and O–H groups in total. The molecule has 0 saturated carbocycles. The third kappa shape index (κ3) is 2.10. The zero-order chi connectivity index (χ0) is 12.4. The average Bonchev–Trinajstić information content (AvgIpc) is 3.05. The van der Waals surface area contributed by atoms with Crippen molar-refractivity contribution in [2.45, 2.75) is 6.54 Å². The van der Waals surface area contributed by atoms with Crippen LogP contribution >= 0.6 is 11.3 Å². The van der Waals surface area contributed by atoms with Crippen LogP contribution in [0.15, 0.2) is 36.1 Å². The molecule has 0 bridgehead atoms. The van der Waals surface area contributed by atoms with Crippen molar-refractivity contribution in [1.82, 2.24) is 20.3 Å². The number of amides is 1. The number of carbonyl (C=O) groups excluding carboxylic acids is 1. The Labute approximate surface area is 107 Å². The summed E-state index contributed by atoms with van der Waals surface area (Å²) in [6, 6.07) is 3.70. The third-order valence-corrected chi connectivity index (χ3v) is 3.33. The fourth-order valence-corrected chi connectivity index (χ4v) is 2.22. The summed E-state index contributed by atoms with van der Waals surface area (Å²) in [5.74, 6) is -0.138. The predicted octanol–water partition coefficient (Wildman–Crippen LogP) is 1.95. The van der Waals surface area contributed by atoms with Gasteiger partial charge in [-0.1, -0.05) is 0 Å². The fourth-order valence-electron chi connectivity index (χ4n) is 1.66. The molecule has 0 saturated heterocycles. The minimum atomic E-state index is -0.138. The highest BCUT2D eigenvalue weighted by Gasteiger charge is 2.08. The van der Waals surface area contributed by atoms with Crippen LogP contribution in [0.25, 0.3) is 11.0 Å². The van der Waals surface area contributed by atoms with Crippen LogP contribution in [0.3, 0.4) is 0 Å². The van der Waals surface area contributed by atoms with E-state index in [9.17, 15) is 4.79 Å². The first-order valence-electron chi connectivity index (χ1n) is 5.42. The highest BCUT2D eigenvalue weighted by molar-refractivity contribution is 7.09. The molecule has 0 atom stereocenters. The lowest BCUT2D eigenvalue weighted by Crippen LogP contribution is -2.22. The lowest BCUT2D eigenvalue weighted by atomic mass is 10.2. The molecule has 0 fully saturated rings. The average molecular weight is 258 g/mol. The van der Waals surface area contributed by atoms with Gasteiger partial charge in [-0.05, 0) is 12.1 Å². The highest BCUT2D eigenvalue weighted by atomic mass is 32.1.